The van der Waals surface area contributed by atoms with E-state index < -0.39 is 0 Å². The second-order valence-corrected chi connectivity index (χ2v) is 4.72. The van der Waals surface area contributed by atoms with Crippen molar-refractivity contribution in [2.45, 2.75) is 13.3 Å². The number of anilines is 1. The van der Waals surface area contributed by atoms with Gasteiger partial charge in [-0.3, -0.25) is 0 Å². The van der Waals surface area contributed by atoms with Crippen molar-refractivity contribution in [3.8, 4) is 0 Å². The second-order valence-electron chi connectivity index (χ2n) is 4.72. The Morgan fingerprint density at radius 2 is 2.29 bits per heavy atom. The largest absolute Gasteiger partial charge is 0.354 e. The molecule has 2 N–H and O–H groups in total. The Morgan fingerprint density at radius 1 is 1.47 bits per heavy atom. The monoisotopic (exact) mass is 231 g/mol. The van der Waals surface area contributed by atoms with Gasteiger partial charge in [-0.2, -0.15) is 5.10 Å². The van der Waals surface area contributed by atoms with Gasteiger partial charge in [-0.15, -0.1) is 0 Å². The predicted molar refractivity (Wildman–Crippen MR) is 67.1 cm³/mol. The van der Waals surface area contributed by atoms with Gasteiger partial charge >= 0.3 is 0 Å². The Morgan fingerprint density at radius 3 is 3.06 bits per heavy atom. The third-order valence-electron chi connectivity index (χ3n) is 3.47. The van der Waals surface area contributed by atoms with Crippen LogP contribution in [0.4, 0.5) is 5.82 Å². The Labute approximate surface area is 100 Å². The molecule has 2 aromatic rings. The average molecular weight is 231 g/mol. The minimum atomic E-state index is 0.727. The summed E-state index contributed by atoms with van der Waals surface area (Å²) in [6.07, 6.45) is 4.71. The summed E-state index contributed by atoms with van der Waals surface area (Å²) in [7, 11) is 0. The van der Waals surface area contributed by atoms with E-state index >= 15 is 0 Å². The third kappa shape index (κ3) is 1.67. The molecule has 1 aliphatic rings. The van der Waals surface area contributed by atoms with Crippen LogP contribution in [-0.4, -0.2) is 34.2 Å². The van der Waals surface area contributed by atoms with Crippen LogP contribution in [-0.2, 0) is 0 Å². The fraction of sp³-hybridized carbons (Fsp3) is 0.500. The third-order valence-corrected chi connectivity index (χ3v) is 3.47. The minimum Gasteiger partial charge on any atom is -0.354 e. The molecule has 0 unspecified atom stereocenters. The summed E-state index contributed by atoms with van der Waals surface area (Å²) in [5.74, 6) is 1.78. The fourth-order valence-electron chi connectivity index (χ4n) is 2.48. The molecule has 3 heterocycles. The first-order valence-corrected chi connectivity index (χ1v) is 6.03. The second kappa shape index (κ2) is 4.00. The maximum Gasteiger partial charge on any atom is 0.156 e. The molecule has 2 aromatic heterocycles. The van der Waals surface area contributed by atoms with Crippen LogP contribution in [0.25, 0.3) is 5.52 Å². The number of aromatic nitrogens is 3. The van der Waals surface area contributed by atoms with Gasteiger partial charge in [-0.05, 0) is 37.4 Å². The summed E-state index contributed by atoms with van der Waals surface area (Å²) in [5.41, 5.74) is 7.92. The van der Waals surface area contributed by atoms with E-state index in [0.29, 0.717) is 0 Å². The zero-order chi connectivity index (χ0) is 11.8. The molecule has 3 rings (SSSR count). The topological polar surface area (TPSA) is 59.5 Å². The van der Waals surface area contributed by atoms with Gasteiger partial charge in [0.25, 0.3) is 0 Å². The highest BCUT2D eigenvalue weighted by molar-refractivity contribution is 5.73. The van der Waals surface area contributed by atoms with Crippen molar-refractivity contribution in [2.75, 3.05) is 24.5 Å². The molecule has 0 radical (unpaired) electrons. The molecule has 1 fully saturated rings. The van der Waals surface area contributed by atoms with Gasteiger partial charge in [-0.25, -0.2) is 9.50 Å². The zero-order valence-corrected chi connectivity index (χ0v) is 10.0. The van der Waals surface area contributed by atoms with Crippen LogP contribution in [0.5, 0.6) is 0 Å². The Balaban J connectivity index is 1.89. The van der Waals surface area contributed by atoms with Gasteiger partial charge in [0.2, 0.25) is 0 Å². The van der Waals surface area contributed by atoms with Crippen molar-refractivity contribution in [2.24, 2.45) is 11.7 Å². The van der Waals surface area contributed by atoms with Gasteiger partial charge in [0.1, 0.15) is 11.8 Å². The number of hydrogen-bond acceptors (Lipinski definition) is 4. The molecule has 17 heavy (non-hydrogen) atoms. The van der Waals surface area contributed by atoms with Crippen LogP contribution in [0, 0.1) is 12.8 Å². The maximum atomic E-state index is 5.57. The van der Waals surface area contributed by atoms with Crippen molar-refractivity contribution >= 4 is 11.3 Å². The molecular weight excluding hydrogens is 214 g/mol. The van der Waals surface area contributed by atoms with Gasteiger partial charge < -0.3 is 10.6 Å². The lowest BCUT2D eigenvalue weighted by Crippen LogP contribution is -2.48. The smallest absolute Gasteiger partial charge is 0.156 e. The number of hydrogen-bond donors (Lipinski definition) is 1. The molecule has 0 amide bonds. The molecular formula is C12H17N5. The molecule has 0 saturated carbocycles. The van der Waals surface area contributed by atoms with Crippen LogP contribution in [0.3, 0.4) is 0 Å². The Hall–Kier alpha value is -1.62. The first kappa shape index (κ1) is 10.5. The van der Waals surface area contributed by atoms with E-state index in [-0.39, 0.29) is 0 Å². The van der Waals surface area contributed by atoms with Gasteiger partial charge in [-0.1, -0.05) is 0 Å². The number of rotatable bonds is 3. The summed E-state index contributed by atoms with van der Waals surface area (Å²) in [6, 6.07) is 2.07. The van der Waals surface area contributed by atoms with E-state index in [4.69, 9.17) is 5.73 Å². The number of fused-ring (bicyclic) bond motifs is 1. The number of nitrogens with two attached hydrogens (primary N) is 1. The van der Waals surface area contributed by atoms with E-state index in [0.717, 1.165) is 43.3 Å². The van der Waals surface area contributed by atoms with E-state index in [1.165, 1.54) is 5.56 Å². The van der Waals surface area contributed by atoms with Crippen molar-refractivity contribution < 1.29 is 0 Å². The summed E-state index contributed by atoms with van der Waals surface area (Å²) < 4.78 is 1.90. The number of aryl methyl sites for hydroxylation is 1. The molecule has 5 heteroatoms. The van der Waals surface area contributed by atoms with Gasteiger partial charge in [0.05, 0.1) is 0 Å². The Bertz CT molecular complexity index is 527. The predicted octanol–water partition coefficient (Wildman–Crippen LogP) is 0.823. The molecule has 90 valence electrons. The highest BCUT2D eigenvalue weighted by atomic mass is 15.3. The lowest BCUT2D eigenvalue weighted by molar-refractivity contribution is 0.386. The summed E-state index contributed by atoms with van der Waals surface area (Å²) >= 11 is 0. The number of nitrogens with zero attached hydrogens (tertiary/aromatic N) is 4. The molecule has 0 bridgehead atoms. The van der Waals surface area contributed by atoms with Crippen molar-refractivity contribution in [1.82, 2.24) is 14.6 Å². The van der Waals surface area contributed by atoms with Crippen LogP contribution < -0.4 is 10.6 Å². The van der Waals surface area contributed by atoms with Crippen molar-refractivity contribution in [3.05, 3.63) is 24.2 Å². The summed E-state index contributed by atoms with van der Waals surface area (Å²) in [5, 5.41) is 4.22. The SMILES string of the molecule is Cc1ccn2ncnc(N3CC(CCN)C3)c12. The van der Waals surface area contributed by atoms with Crippen molar-refractivity contribution in [1.29, 1.82) is 0 Å². The van der Waals surface area contributed by atoms with Crippen LogP contribution in [0.1, 0.15) is 12.0 Å². The maximum absolute atomic E-state index is 5.57. The standard InChI is InChI=1S/C12H17N5/c1-9-3-5-17-11(9)12(14-8-15-17)16-6-10(7-16)2-4-13/h3,5,8,10H,2,4,6-7,13H2,1H3. The molecule has 0 aromatic carbocycles. The van der Waals surface area contributed by atoms with E-state index in [9.17, 15) is 0 Å². The minimum absolute atomic E-state index is 0.727. The van der Waals surface area contributed by atoms with Gasteiger partial charge in [0.15, 0.2) is 5.82 Å². The van der Waals surface area contributed by atoms with E-state index in [1.54, 1.807) is 6.33 Å². The van der Waals surface area contributed by atoms with Crippen LogP contribution in [0.2, 0.25) is 0 Å². The lowest BCUT2D eigenvalue weighted by Gasteiger charge is -2.40. The summed E-state index contributed by atoms with van der Waals surface area (Å²) in [4.78, 5) is 6.73. The molecule has 5 nitrogen and oxygen atoms in total. The summed E-state index contributed by atoms with van der Waals surface area (Å²) in [6.45, 7) is 5.00. The fourth-order valence-corrected chi connectivity index (χ4v) is 2.48. The molecule has 1 saturated heterocycles. The molecule has 0 spiro atoms. The van der Waals surface area contributed by atoms with Crippen LogP contribution >= 0.6 is 0 Å². The zero-order valence-electron chi connectivity index (χ0n) is 10.0. The average Bonchev–Trinajstić information content (AvgIpc) is 2.66. The molecule has 0 atom stereocenters. The normalized spacial score (nSPS) is 16.5. The van der Waals surface area contributed by atoms with E-state index in [2.05, 4.69) is 28.0 Å². The molecule has 0 aliphatic carbocycles. The molecule has 1 aliphatic heterocycles. The van der Waals surface area contributed by atoms with Crippen molar-refractivity contribution in [3.63, 3.8) is 0 Å². The lowest BCUT2D eigenvalue weighted by atomic mass is 9.96. The highest BCUT2D eigenvalue weighted by Crippen LogP contribution is 2.29. The van der Waals surface area contributed by atoms with E-state index in [1.807, 2.05) is 10.7 Å². The first-order chi connectivity index (χ1) is 8.29. The van der Waals surface area contributed by atoms with Gasteiger partial charge in [0, 0.05) is 19.3 Å². The highest BCUT2D eigenvalue weighted by Gasteiger charge is 2.28. The Kier molecular flexibility index (Phi) is 2.48. The quantitative estimate of drug-likeness (QED) is 0.849. The van der Waals surface area contributed by atoms with Crippen LogP contribution in [0.15, 0.2) is 18.6 Å². The first-order valence-electron chi connectivity index (χ1n) is 6.03.